The van der Waals surface area contributed by atoms with Gasteiger partial charge in [-0.1, -0.05) is 6.92 Å². The van der Waals surface area contributed by atoms with Crippen LogP contribution in [0.3, 0.4) is 0 Å². The van der Waals surface area contributed by atoms with Crippen LogP contribution in [0.5, 0.6) is 0 Å². The second-order valence-corrected chi connectivity index (χ2v) is 4.09. The Labute approximate surface area is 97.7 Å². The van der Waals surface area contributed by atoms with Gasteiger partial charge in [-0.25, -0.2) is 0 Å². The van der Waals surface area contributed by atoms with E-state index < -0.39 is 0 Å². The van der Waals surface area contributed by atoms with Crippen LogP contribution in [0.25, 0.3) is 0 Å². The summed E-state index contributed by atoms with van der Waals surface area (Å²) < 4.78 is 1.93. The van der Waals surface area contributed by atoms with Crippen LogP contribution >= 0.6 is 0 Å². The van der Waals surface area contributed by atoms with Gasteiger partial charge >= 0.3 is 0 Å². The lowest BCUT2D eigenvalue weighted by molar-refractivity contribution is 0.157. The molecular formula is C12H23N3O. The standard InChI is InChI=1S/C12H23N3O/c1-3-12(16)6-5-7-13-8-11-9-14-15(4-2)10-11/h9-10,12-13,16H,3-8H2,1-2H3. The summed E-state index contributed by atoms with van der Waals surface area (Å²) in [5, 5.41) is 16.9. The van der Waals surface area contributed by atoms with Crippen LogP contribution < -0.4 is 5.32 Å². The van der Waals surface area contributed by atoms with Gasteiger partial charge in [0.15, 0.2) is 0 Å². The van der Waals surface area contributed by atoms with Crippen LogP contribution in [0.15, 0.2) is 12.4 Å². The summed E-state index contributed by atoms with van der Waals surface area (Å²) in [4.78, 5) is 0. The Kier molecular flexibility index (Phi) is 6.11. The molecule has 16 heavy (non-hydrogen) atoms. The second kappa shape index (κ2) is 7.41. The van der Waals surface area contributed by atoms with Crippen molar-refractivity contribution in [2.75, 3.05) is 6.54 Å². The van der Waals surface area contributed by atoms with E-state index in [1.54, 1.807) is 0 Å². The van der Waals surface area contributed by atoms with E-state index in [9.17, 15) is 5.11 Å². The highest BCUT2D eigenvalue weighted by molar-refractivity contribution is 5.02. The first-order valence-electron chi connectivity index (χ1n) is 6.16. The van der Waals surface area contributed by atoms with Gasteiger partial charge in [-0.05, 0) is 32.7 Å². The Bertz CT molecular complexity index is 286. The first-order chi connectivity index (χ1) is 7.76. The molecule has 0 fully saturated rings. The lowest BCUT2D eigenvalue weighted by atomic mass is 10.1. The Morgan fingerprint density at radius 3 is 2.94 bits per heavy atom. The number of nitrogens with zero attached hydrogens (tertiary/aromatic N) is 2. The molecule has 0 aromatic carbocycles. The fourth-order valence-corrected chi connectivity index (χ4v) is 1.57. The highest BCUT2D eigenvalue weighted by atomic mass is 16.3. The average Bonchev–Trinajstić information content (AvgIpc) is 2.76. The van der Waals surface area contributed by atoms with Crippen molar-refractivity contribution in [2.45, 2.75) is 52.3 Å². The van der Waals surface area contributed by atoms with Gasteiger partial charge in [-0.3, -0.25) is 4.68 Å². The van der Waals surface area contributed by atoms with Gasteiger partial charge in [0.2, 0.25) is 0 Å². The van der Waals surface area contributed by atoms with Crippen LogP contribution in [0.2, 0.25) is 0 Å². The van der Waals surface area contributed by atoms with Gasteiger partial charge < -0.3 is 10.4 Å². The zero-order chi connectivity index (χ0) is 11.8. The minimum Gasteiger partial charge on any atom is -0.393 e. The maximum atomic E-state index is 9.37. The Hall–Kier alpha value is -0.870. The van der Waals surface area contributed by atoms with Crippen LogP contribution in [0, 0.1) is 0 Å². The van der Waals surface area contributed by atoms with Crippen molar-refractivity contribution in [1.82, 2.24) is 15.1 Å². The van der Waals surface area contributed by atoms with Crippen molar-refractivity contribution in [3.05, 3.63) is 18.0 Å². The average molecular weight is 225 g/mol. The molecule has 1 aromatic heterocycles. The summed E-state index contributed by atoms with van der Waals surface area (Å²) in [6.45, 7) is 6.83. The number of nitrogens with one attached hydrogen (secondary N) is 1. The highest BCUT2D eigenvalue weighted by Crippen LogP contribution is 2.00. The van der Waals surface area contributed by atoms with E-state index in [0.717, 1.165) is 38.9 Å². The fraction of sp³-hybridized carbons (Fsp3) is 0.750. The Morgan fingerprint density at radius 1 is 1.50 bits per heavy atom. The normalized spacial score (nSPS) is 12.9. The quantitative estimate of drug-likeness (QED) is 0.660. The molecule has 4 heteroatoms. The van der Waals surface area contributed by atoms with E-state index in [2.05, 4.69) is 23.5 Å². The largest absolute Gasteiger partial charge is 0.393 e. The summed E-state index contributed by atoms with van der Waals surface area (Å²) in [6, 6.07) is 0. The zero-order valence-electron chi connectivity index (χ0n) is 10.3. The number of hydrogen-bond donors (Lipinski definition) is 2. The van der Waals surface area contributed by atoms with E-state index in [0.29, 0.717) is 0 Å². The molecule has 0 amide bonds. The predicted octanol–water partition coefficient (Wildman–Crippen LogP) is 1.54. The smallest absolute Gasteiger partial charge is 0.0538 e. The predicted molar refractivity (Wildman–Crippen MR) is 65.1 cm³/mol. The van der Waals surface area contributed by atoms with Crippen LogP contribution in [-0.2, 0) is 13.1 Å². The zero-order valence-corrected chi connectivity index (χ0v) is 10.3. The van der Waals surface area contributed by atoms with Crippen molar-refractivity contribution >= 4 is 0 Å². The lowest BCUT2D eigenvalue weighted by Crippen LogP contribution is -2.16. The third kappa shape index (κ3) is 4.77. The molecule has 0 aliphatic rings. The van der Waals surface area contributed by atoms with Gasteiger partial charge in [-0.2, -0.15) is 5.10 Å². The lowest BCUT2D eigenvalue weighted by Gasteiger charge is -2.07. The van der Waals surface area contributed by atoms with Crippen molar-refractivity contribution < 1.29 is 5.11 Å². The van der Waals surface area contributed by atoms with Gasteiger partial charge in [-0.15, -0.1) is 0 Å². The maximum absolute atomic E-state index is 9.37. The molecule has 1 unspecified atom stereocenters. The number of aliphatic hydroxyl groups excluding tert-OH is 1. The van der Waals surface area contributed by atoms with Crippen LogP contribution in [0.1, 0.15) is 38.7 Å². The first kappa shape index (κ1) is 13.2. The minimum atomic E-state index is -0.135. The van der Waals surface area contributed by atoms with Crippen molar-refractivity contribution in [3.8, 4) is 0 Å². The number of aromatic nitrogens is 2. The van der Waals surface area contributed by atoms with E-state index in [1.807, 2.05) is 17.8 Å². The van der Waals surface area contributed by atoms with E-state index in [1.165, 1.54) is 5.56 Å². The number of aryl methyl sites for hydroxylation is 1. The summed E-state index contributed by atoms with van der Waals surface area (Å²) in [5.41, 5.74) is 1.22. The monoisotopic (exact) mass is 225 g/mol. The summed E-state index contributed by atoms with van der Waals surface area (Å²) in [6.07, 6.45) is 6.59. The molecule has 0 bridgehead atoms. The summed E-state index contributed by atoms with van der Waals surface area (Å²) >= 11 is 0. The summed E-state index contributed by atoms with van der Waals surface area (Å²) in [7, 11) is 0. The van der Waals surface area contributed by atoms with E-state index >= 15 is 0 Å². The molecule has 1 heterocycles. The molecule has 1 rings (SSSR count). The molecule has 1 atom stereocenters. The first-order valence-corrected chi connectivity index (χ1v) is 6.16. The van der Waals surface area contributed by atoms with Gasteiger partial charge in [0.05, 0.1) is 12.3 Å². The molecule has 1 aromatic rings. The second-order valence-electron chi connectivity index (χ2n) is 4.09. The van der Waals surface area contributed by atoms with Crippen LogP contribution in [-0.4, -0.2) is 27.5 Å². The molecule has 0 aliphatic heterocycles. The third-order valence-electron chi connectivity index (χ3n) is 2.70. The third-order valence-corrected chi connectivity index (χ3v) is 2.70. The molecule has 0 saturated carbocycles. The summed E-state index contributed by atoms with van der Waals surface area (Å²) in [5.74, 6) is 0. The molecule has 0 saturated heterocycles. The van der Waals surface area contributed by atoms with Gasteiger partial charge in [0.25, 0.3) is 0 Å². The number of aliphatic hydroxyl groups is 1. The van der Waals surface area contributed by atoms with Crippen molar-refractivity contribution in [3.63, 3.8) is 0 Å². The van der Waals surface area contributed by atoms with E-state index in [-0.39, 0.29) is 6.10 Å². The minimum absolute atomic E-state index is 0.135. The molecule has 0 aliphatic carbocycles. The highest BCUT2D eigenvalue weighted by Gasteiger charge is 2.00. The molecular weight excluding hydrogens is 202 g/mol. The molecule has 2 N–H and O–H groups in total. The van der Waals surface area contributed by atoms with Gasteiger partial charge in [0.1, 0.15) is 0 Å². The van der Waals surface area contributed by atoms with Crippen molar-refractivity contribution in [1.29, 1.82) is 0 Å². The molecule has 4 nitrogen and oxygen atoms in total. The topological polar surface area (TPSA) is 50.1 Å². The van der Waals surface area contributed by atoms with Gasteiger partial charge in [0, 0.05) is 24.8 Å². The number of rotatable bonds is 8. The molecule has 92 valence electrons. The van der Waals surface area contributed by atoms with E-state index in [4.69, 9.17) is 0 Å². The van der Waals surface area contributed by atoms with Crippen LogP contribution in [0.4, 0.5) is 0 Å². The molecule has 0 radical (unpaired) electrons. The van der Waals surface area contributed by atoms with Crippen molar-refractivity contribution in [2.24, 2.45) is 0 Å². The Morgan fingerprint density at radius 2 is 2.31 bits per heavy atom. The number of hydrogen-bond acceptors (Lipinski definition) is 3. The molecule has 0 spiro atoms. The fourth-order valence-electron chi connectivity index (χ4n) is 1.57. The maximum Gasteiger partial charge on any atom is 0.0538 e. The SMILES string of the molecule is CCC(O)CCCNCc1cnn(CC)c1. The Balaban J connectivity index is 2.07.